The van der Waals surface area contributed by atoms with E-state index in [1.807, 2.05) is 0 Å². The number of methoxy groups -OCH3 is 2. The van der Waals surface area contributed by atoms with Gasteiger partial charge in [-0.15, -0.1) is 0 Å². The quantitative estimate of drug-likeness (QED) is 0.327. The zero-order valence-corrected chi connectivity index (χ0v) is 21.9. The van der Waals surface area contributed by atoms with Crippen LogP contribution < -0.4 is 15.2 Å². The van der Waals surface area contributed by atoms with Crippen molar-refractivity contribution in [2.45, 2.75) is 18.4 Å². The number of aromatic nitrogens is 4. The number of fused-ring (bicyclic) bond motifs is 1. The highest BCUT2D eigenvalue weighted by atomic mass is 35.5. The summed E-state index contributed by atoms with van der Waals surface area (Å²) in [4.78, 5) is 7.49. The van der Waals surface area contributed by atoms with Crippen LogP contribution in [0.3, 0.4) is 0 Å². The number of benzene rings is 1. The van der Waals surface area contributed by atoms with Gasteiger partial charge in [0.15, 0.2) is 10.7 Å². The van der Waals surface area contributed by atoms with E-state index in [2.05, 4.69) is 31.6 Å². The molecule has 0 amide bonds. The molecule has 0 aliphatic carbocycles. The summed E-state index contributed by atoms with van der Waals surface area (Å²) >= 11 is 5.87. The maximum atomic E-state index is 15.4. The topological polar surface area (TPSA) is 134 Å². The van der Waals surface area contributed by atoms with Gasteiger partial charge in [0.1, 0.15) is 11.6 Å². The Labute approximate surface area is 221 Å². The Hall–Kier alpha value is -3.99. The summed E-state index contributed by atoms with van der Waals surface area (Å²) in [5.41, 5.74) is 6.26. The van der Waals surface area contributed by atoms with Crippen LogP contribution in [0.4, 0.5) is 20.3 Å². The summed E-state index contributed by atoms with van der Waals surface area (Å²) in [5, 5.41) is 5.01. The van der Waals surface area contributed by atoms with E-state index < -0.39 is 37.8 Å². The summed E-state index contributed by atoms with van der Waals surface area (Å²) in [7, 11) is -1.66. The van der Waals surface area contributed by atoms with Crippen LogP contribution in [0, 0.1) is 30.4 Å². The molecule has 10 nitrogen and oxygen atoms in total. The fourth-order valence-electron chi connectivity index (χ4n) is 3.68. The van der Waals surface area contributed by atoms with Crippen LogP contribution in [0.1, 0.15) is 16.8 Å². The number of nitrogens with one attached hydrogen (secondary N) is 1. The van der Waals surface area contributed by atoms with E-state index >= 15 is 4.39 Å². The van der Waals surface area contributed by atoms with E-state index in [1.165, 1.54) is 19.5 Å². The lowest BCUT2D eigenvalue weighted by Gasteiger charge is -2.12. The van der Waals surface area contributed by atoms with Crippen molar-refractivity contribution in [3.05, 3.63) is 64.1 Å². The van der Waals surface area contributed by atoms with Crippen molar-refractivity contribution in [1.29, 1.82) is 0 Å². The van der Waals surface area contributed by atoms with Crippen molar-refractivity contribution in [1.82, 2.24) is 19.7 Å². The van der Waals surface area contributed by atoms with Gasteiger partial charge in [-0.3, -0.25) is 9.40 Å². The average Bonchev–Trinajstić information content (AvgIpc) is 3.22. The number of hydrogen-bond donors (Lipinski definition) is 2. The van der Waals surface area contributed by atoms with Gasteiger partial charge < -0.3 is 15.2 Å². The van der Waals surface area contributed by atoms with Gasteiger partial charge in [-0.25, -0.2) is 27.2 Å². The molecular weight excluding hydrogens is 542 g/mol. The molecule has 198 valence electrons. The number of rotatable bonds is 7. The van der Waals surface area contributed by atoms with Gasteiger partial charge in [0.25, 0.3) is 10.0 Å². The molecule has 0 bridgehead atoms. The first kappa shape index (κ1) is 27.1. The number of sulfonamides is 1. The number of anilines is 2. The maximum absolute atomic E-state index is 15.4. The van der Waals surface area contributed by atoms with Crippen LogP contribution in [0.5, 0.6) is 5.88 Å². The van der Waals surface area contributed by atoms with Gasteiger partial charge in [0.05, 0.1) is 58.7 Å². The molecule has 0 aliphatic rings. The summed E-state index contributed by atoms with van der Waals surface area (Å²) < 4.78 is 69.7. The minimum atomic E-state index is -4.42. The van der Waals surface area contributed by atoms with Gasteiger partial charge in [-0.2, -0.15) is 5.10 Å². The van der Waals surface area contributed by atoms with Gasteiger partial charge in [0, 0.05) is 19.5 Å². The number of aryl methyl sites for hydroxylation is 1. The monoisotopic (exact) mass is 562 g/mol. The van der Waals surface area contributed by atoms with Crippen LogP contribution in [-0.2, 0) is 21.3 Å². The van der Waals surface area contributed by atoms with Crippen molar-refractivity contribution in [2.75, 3.05) is 31.3 Å². The number of halogens is 3. The van der Waals surface area contributed by atoms with Crippen molar-refractivity contribution in [3.63, 3.8) is 0 Å². The Kier molecular flexibility index (Phi) is 7.68. The van der Waals surface area contributed by atoms with Crippen LogP contribution >= 0.6 is 11.6 Å². The minimum absolute atomic E-state index is 0.0145. The van der Waals surface area contributed by atoms with Gasteiger partial charge in [0.2, 0.25) is 5.88 Å². The van der Waals surface area contributed by atoms with Crippen molar-refractivity contribution < 1.29 is 26.7 Å². The molecule has 3 aromatic heterocycles. The third kappa shape index (κ3) is 5.19. The number of nitrogens with two attached hydrogens (primary N) is 1. The lowest BCUT2D eigenvalue weighted by Crippen LogP contribution is -2.16. The fraction of sp³-hybridized carbons (Fsp3) is 0.208. The fourth-order valence-corrected chi connectivity index (χ4v) is 5.11. The number of hydrogen-bond acceptors (Lipinski definition) is 8. The first-order valence-electron chi connectivity index (χ1n) is 10.9. The average molecular weight is 563 g/mol. The van der Waals surface area contributed by atoms with Crippen LogP contribution in [-0.4, -0.2) is 49.0 Å². The Morgan fingerprint density at radius 2 is 1.95 bits per heavy atom. The standard InChI is InChI=1S/C24H21ClF2N6O4S/c1-13-20-22(33(31-13)8-9-36-2)14(11-29-23(20)28)4-5-16-17(26)6-7-18(21(16)27)32-38(34,35)19-10-15(25)12-30-24(19)37-3/h6-7,10-12,32H,8-9H2,1-3H3,(H2,28,29). The van der Waals surface area contributed by atoms with Gasteiger partial charge >= 0.3 is 0 Å². The maximum Gasteiger partial charge on any atom is 0.267 e. The second kappa shape index (κ2) is 10.8. The summed E-state index contributed by atoms with van der Waals surface area (Å²) in [6.07, 6.45) is 2.56. The number of ether oxygens (including phenoxy) is 2. The van der Waals surface area contributed by atoms with E-state index in [-0.39, 0.29) is 16.7 Å². The summed E-state index contributed by atoms with van der Waals surface area (Å²) in [5.74, 6) is 2.92. The molecule has 3 heterocycles. The lowest BCUT2D eigenvalue weighted by atomic mass is 10.1. The molecule has 0 saturated heterocycles. The number of pyridine rings is 2. The number of nitrogen functional groups attached to an aromatic ring is 1. The predicted octanol–water partition coefficient (Wildman–Crippen LogP) is 3.50. The molecule has 1 aromatic carbocycles. The third-order valence-corrected chi connectivity index (χ3v) is 6.97. The zero-order valence-electron chi connectivity index (χ0n) is 20.3. The Bertz CT molecular complexity index is 1720. The first-order chi connectivity index (χ1) is 18.1. The summed E-state index contributed by atoms with van der Waals surface area (Å²) in [6, 6.07) is 2.91. The molecule has 4 aromatic rings. The molecule has 0 spiro atoms. The molecule has 38 heavy (non-hydrogen) atoms. The normalized spacial score (nSPS) is 11.3. The summed E-state index contributed by atoms with van der Waals surface area (Å²) in [6.45, 7) is 2.48. The minimum Gasteiger partial charge on any atom is -0.480 e. The SMILES string of the molecule is COCCn1nc(C)c2c(N)ncc(C#Cc3c(F)ccc(NS(=O)(=O)c4cc(Cl)cnc4OC)c3F)c21. The highest BCUT2D eigenvalue weighted by molar-refractivity contribution is 7.92. The van der Waals surface area contributed by atoms with Crippen LogP contribution in [0.25, 0.3) is 10.9 Å². The molecule has 0 unspecified atom stereocenters. The van der Waals surface area contributed by atoms with Crippen LogP contribution in [0.2, 0.25) is 5.02 Å². The van der Waals surface area contributed by atoms with E-state index in [9.17, 15) is 12.8 Å². The molecule has 0 fully saturated rings. The van der Waals surface area contributed by atoms with E-state index in [1.54, 1.807) is 18.7 Å². The van der Waals surface area contributed by atoms with Gasteiger partial charge in [-0.05, 0) is 25.1 Å². The second-order valence-corrected chi connectivity index (χ2v) is 9.97. The van der Waals surface area contributed by atoms with Crippen molar-refractivity contribution >= 4 is 44.0 Å². The molecule has 4 rings (SSSR count). The number of nitrogens with zero attached hydrogens (tertiary/aromatic N) is 4. The van der Waals surface area contributed by atoms with Gasteiger partial charge in [-0.1, -0.05) is 23.4 Å². The van der Waals surface area contributed by atoms with Crippen LogP contribution in [0.15, 0.2) is 35.5 Å². The lowest BCUT2D eigenvalue weighted by molar-refractivity contribution is 0.184. The molecule has 14 heteroatoms. The molecular formula is C24H21ClF2N6O4S. The largest absolute Gasteiger partial charge is 0.480 e. The van der Waals surface area contributed by atoms with Crippen molar-refractivity contribution in [2.24, 2.45) is 0 Å². The first-order valence-corrected chi connectivity index (χ1v) is 12.8. The Morgan fingerprint density at radius 3 is 2.66 bits per heavy atom. The molecule has 3 N–H and O–H groups in total. The molecule has 0 aliphatic heterocycles. The smallest absolute Gasteiger partial charge is 0.267 e. The molecule has 0 atom stereocenters. The zero-order chi connectivity index (χ0) is 27.6. The van der Waals surface area contributed by atoms with Crippen molar-refractivity contribution in [3.8, 4) is 17.7 Å². The van der Waals surface area contributed by atoms with E-state index in [0.29, 0.717) is 35.3 Å². The Balaban J connectivity index is 1.78. The van der Waals surface area contributed by atoms with E-state index in [0.717, 1.165) is 18.2 Å². The second-order valence-electron chi connectivity index (χ2n) is 7.88. The predicted molar refractivity (Wildman–Crippen MR) is 137 cm³/mol. The van der Waals surface area contributed by atoms with E-state index in [4.69, 9.17) is 26.8 Å². The molecule has 0 saturated carbocycles. The highest BCUT2D eigenvalue weighted by Crippen LogP contribution is 2.29. The molecule has 0 radical (unpaired) electrons. The Morgan fingerprint density at radius 1 is 1.18 bits per heavy atom. The highest BCUT2D eigenvalue weighted by Gasteiger charge is 2.24. The third-order valence-electron chi connectivity index (χ3n) is 5.40.